The van der Waals surface area contributed by atoms with Gasteiger partial charge in [0.2, 0.25) is 0 Å². The first kappa shape index (κ1) is 16.4. The first-order valence-corrected chi connectivity index (χ1v) is 7.97. The molecule has 0 saturated carbocycles. The van der Waals surface area contributed by atoms with Gasteiger partial charge in [0.1, 0.15) is 0 Å². The fourth-order valence-electron chi connectivity index (χ4n) is 3.23. The number of hydrogen-bond donors (Lipinski definition) is 1. The van der Waals surface area contributed by atoms with E-state index in [0.29, 0.717) is 11.5 Å². The normalized spacial score (nSPS) is 15.5. The molecule has 2 heterocycles. The molecule has 2 N–H and O–H groups in total. The summed E-state index contributed by atoms with van der Waals surface area (Å²) in [6.07, 6.45) is 5.70. The summed E-state index contributed by atoms with van der Waals surface area (Å²) in [4.78, 5) is 17.6. The van der Waals surface area contributed by atoms with Crippen LogP contribution in [0.15, 0.2) is 36.7 Å². The minimum Gasteiger partial charge on any atom is -0.371 e. The molecule has 1 aromatic carbocycles. The van der Waals surface area contributed by atoms with E-state index in [9.17, 15) is 13.6 Å². The van der Waals surface area contributed by atoms with Crippen molar-refractivity contribution in [3.63, 3.8) is 0 Å². The Bertz CT molecular complexity index is 743. The van der Waals surface area contributed by atoms with Crippen molar-refractivity contribution in [1.29, 1.82) is 0 Å². The number of benzene rings is 1. The van der Waals surface area contributed by atoms with Crippen LogP contribution in [0.3, 0.4) is 0 Å². The molecule has 0 spiro atoms. The number of piperidine rings is 1. The number of aromatic nitrogens is 1. The Morgan fingerprint density at radius 3 is 2.62 bits per heavy atom. The van der Waals surface area contributed by atoms with E-state index in [1.54, 1.807) is 18.3 Å². The van der Waals surface area contributed by atoms with Gasteiger partial charge >= 0.3 is 0 Å². The summed E-state index contributed by atoms with van der Waals surface area (Å²) in [5.74, 6) is -1.69. The molecule has 6 heteroatoms. The molecule has 1 aliphatic rings. The summed E-state index contributed by atoms with van der Waals surface area (Å²) in [6.45, 7) is 1.58. The van der Waals surface area contributed by atoms with Gasteiger partial charge in [0.05, 0.1) is 11.3 Å². The number of halogens is 2. The lowest BCUT2D eigenvalue weighted by atomic mass is 9.89. The molecule has 1 fully saturated rings. The van der Waals surface area contributed by atoms with E-state index in [-0.39, 0.29) is 0 Å². The molecule has 2 aromatic rings. The van der Waals surface area contributed by atoms with Gasteiger partial charge in [-0.2, -0.15) is 0 Å². The zero-order valence-electron chi connectivity index (χ0n) is 13.2. The molecule has 126 valence electrons. The summed E-state index contributed by atoms with van der Waals surface area (Å²) < 4.78 is 26.3. The van der Waals surface area contributed by atoms with Crippen LogP contribution in [-0.4, -0.2) is 24.0 Å². The Morgan fingerprint density at radius 1 is 1.21 bits per heavy atom. The van der Waals surface area contributed by atoms with Crippen LogP contribution in [0.2, 0.25) is 0 Å². The van der Waals surface area contributed by atoms with Crippen molar-refractivity contribution in [3.8, 4) is 0 Å². The Hall–Kier alpha value is -2.50. The minimum absolute atomic E-state index is 0.407. The van der Waals surface area contributed by atoms with E-state index in [1.165, 1.54) is 18.3 Å². The number of nitrogens with zero attached hydrogens (tertiary/aromatic N) is 2. The van der Waals surface area contributed by atoms with Crippen molar-refractivity contribution in [2.45, 2.75) is 19.3 Å². The predicted octanol–water partition coefficient (Wildman–Crippen LogP) is 2.92. The van der Waals surface area contributed by atoms with E-state index < -0.39 is 17.5 Å². The Labute approximate surface area is 139 Å². The molecule has 3 rings (SSSR count). The molecule has 1 aromatic heterocycles. The van der Waals surface area contributed by atoms with Crippen LogP contribution in [-0.2, 0) is 6.42 Å². The van der Waals surface area contributed by atoms with Crippen molar-refractivity contribution in [1.82, 2.24) is 4.98 Å². The standard InChI is InChI=1S/C18H19F2N3O/c19-15-2-1-13(10-16(15)20)9-12-4-7-23(8-5-12)17-3-6-22-11-14(17)18(21)24/h1-3,6,10-12H,4-5,7-9H2,(H2,21,24). The summed E-state index contributed by atoms with van der Waals surface area (Å²) in [5.41, 5.74) is 7.46. The molecule has 24 heavy (non-hydrogen) atoms. The van der Waals surface area contributed by atoms with Gasteiger partial charge in [-0.25, -0.2) is 8.78 Å². The molecule has 1 amide bonds. The van der Waals surface area contributed by atoms with Crippen LogP contribution < -0.4 is 10.6 Å². The van der Waals surface area contributed by atoms with Crippen LogP contribution in [0.4, 0.5) is 14.5 Å². The van der Waals surface area contributed by atoms with Gasteiger partial charge in [0, 0.05) is 25.5 Å². The molecule has 0 atom stereocenters. The second kappa shape index (κ2) is 6.95. The van der Waals surface area contributed by atoms with Crippen molar-refractivity contribution in [2.24, 2.45) is 11.7 Å². The van der Waals surface area contributed by atoms with Crippen LogP contribution in [0.25, 0.3) is 0 Å². The maximum Gasteiger partial charge on any atom is 0.252 e. The highest BCUT2D eigenvalue weighted by Crippen LogP contribution is 2.27. The zero-order chi connectivity index (χ0) is 17.1. The van der Waals surface area contributed by atoms with Gasteiger partial charge in [0.25, 0.3) is 5.91 Å². The molecular weight excluding hydrogens is 312 g/mol. The van der Waals surface area contributed by atoms with Gasteiger partial charge in [-0.1, -0.05) is 6.07 Å². The molecule has 0 bridgehead atoms. The SMILES string of the molecule is NC(=O)c1cnccc1N1CCC(Cc2ccc(F)c(F)c2)CC1. The summed E-state index contributed by atoms with van der Waals surface area (Å²) in [7, 11) is 0. The molecule has 4 nitrogen and oxygen atoms in total. The number of pyridine rings is 1. The predicted molar refractivity (Wildman–Crippen MR) is 87.8 cm³/mol. The molecule has 1 aliphatic heterocycles. The van der Waals surface area contributed by atoms with E-state index in [1.807, 2.05) is 0 Å². The third kappa shape index (κ3) is 3.53. The van der Waals surface area contributed by atoms with Crippen LogP contribution in [0.1, 0.15) is 28.8 Å². The lowest BCUT2D eigenvalue weighted by Crippen LogP contribution is -2.35. The topological polar surface area (TPSA) is 59.2 Å². The Balaban J connectivity index is 1.64. The Kier molecular flexibility index (Phi) is 4.74. The van der Waals surface area contributed by atoms with Gasteiger partial charge in [-0.15, -0.1) is 0 Å². The Morgan fingerprint density at radius 2 is 1.96 bits per heavy atom. The lowest BCUT2D eigenvalue weighted by Gasteiger charge is -2.34. The average Bonchev–Trinajstić information content (AvgIpc) is 2.59. The third-order valence-corrected chi connectivity index (χ3v) is 4.53. The molecule has 0 unspecified atom stereocenters. The van der Waals surface area contributed by atoms with Crippen LogP contribution in [0, 0.1) is 17.6 Å². The zero-order valence-corrected chi connectivity index (χ0v) is 13.2. The number of rotatable bonds is 4. The fourth-order valence-corrected chi connectivity index (χ4v) is 3.23. The summed E-state index contributed by atoms with van der Waals surface area (Å²) >= 11 is 0. The lowest BCUT2D eigenvalue weighted by molar-refractivity contribution is 0.100. The van der Waals surface area contributed by atoms with E-state index >= 15 is 0 Å². The quantitative estimate of drug-likeness (QED) is 0.937. The van der Waals surface area contributed by atoms with Crippen LogP contribution in [0.5, 0.6) is 0 Å². The van der Waals surface area contributed by atoms with E-state index in [2.05, 4.69) is 9.88 Å². The number of primary amides is 1. The smallest absolute Gasteiger partial charge is 0.252 e. The highest BCUT2D eigenvalue weighted by atomic mass is 19.2. The number of hydrogen-bond acceptors (Lipinski definition) is 3. The number of carbonyl (C=O) groups is 1. The number of anilines is 1. The van der Waals surface area contributed by atoms with Crippen LogP contribution >= 0.6 is 0 Å². The summed E-state index contributed by atoms with van der Waals surface area (Å²) in [5, 5.41) is 0. The largest absolute Gasteiger partial charge is 0.371 e. The summed E-state index contributed by atoms with van der Waals surface area (Å²) in [6, 6.07) is 5.89. The maximum absolute atomic E-state index is 13.3. The van der Waals surface area contributed by atoms with Gasteiger partial charge in [-0.3, -0.25) is 9.78 Å². The first-order valence-electron chi connectivity index (χ1n) is 7.97. The maximum atomic E-state index is 13.3. The number of carbonyl (C=O) groups excluding carboxylic acids is 1. The molecule has 0 aliphatic carbocycles. The van der Waals surface area contributed by atoms with Crippen molar-refractivity contribution in [2.75, 3.05) is 18.0 Å². The highest BCUT2D eigenvalue weighted by molar-refractivity contribution is 5.98. The third-order valence-electron chi connectivity index (χ3n) is 4.53. The minimum atomic E-state index is -0.815. The molecule has 1 saturated heterocycles. The number of amides is 1. The van der Waals surface area contributed by atoms with E-state index in [0.717, 1.165) is 43.6 Å². The highest BCUT2D eigenvalue weighted by Gasteiger charge is 2.22. The first-order chi connectivity index (χ1) is 11.5. The second-order valence-corrected chi connectivity index (χ2v) is 6.14. The van der Waals surface area contributed by atoms with Crippen molar-refractivity contribution in [3.05, 3.63) is 59.4 Å². The van der Waals surface area contributed by atoms with Gasteiger partial charge < -0.3 is 10.6 Å². The molecular formula is C18H19F2N3O. The van der Waals surface area contributed by atoms with Crippen molar-refractivity contribution >= 4 is 11.6 Å². The molecule has 0 radical (unpaired) electrons. The van der Waals surface area contributed by atoms with E-state index in [4.69, 9.17) is 5.73 Å². The van der Waals surface area contributed by atoms with Crippen molar-refractivity contribution < 1.29 is 13.6 Å². The van der Waals surface area contributed by atoms with Gasteiger partial charge in [-0.05, 0) is 48.9 Å². The fraction of sp³-hybridized carbons (Fsp3) is 0.333. The number of nitrogens with two attached hydrogens (primary N) is 1. The monoisotopic (exact) mass is 331 g/mol. The van der Waals surface area contributed by atoms with Gasteiger partial charge in [0.15, 0.2) is 11.6 Å². The second-order valence-electron chi connectivity index (χ2n) is 6.14. The average molecular weight is 331 g/mol.